The van der Waals surface area contributed by atoms with E-state index in [1.165, 1.54) is 0 Å². The summed E-state index contributed by atoms with van der Waals surface area (Å²) in [4.78, 5) is 10.4. The van der Waals surface area contributed by atoms with Crippen LogP contribution in [0.1, 0.15) is 18.1 Å². The van der Waals surface area contributed by atoms with Crippen LogP contribution in [0.2, 0.25) is 5.02 Å². The summed E-state index contributed by atoms with van der Waals surface area (Å²) in [5, 5.41) is 10.0. The number of phenolic OH excluding ortho intramolecular Hbond substituents is 1. The van der Waals surface area contributed by atoms with E-state index < -0.39 is 0 Å². The van der Waals surface area contributed by atoms with E-state index >= 15 is 0 Å². The van der Waals surface area contributed by atoms with Crippen LogP contribution in [0.5, 0.6) is 11.5 Å². The van der Waals surface area contributed by atoms with E-state index in [9.17, 15) is 9.90 Å². The fourth-order valence-corrected chi connectivity index (χ4v) is 2.08. The van der Waals surface area contributed by atoms with Gasteiger partial charge in [0.2, 0.25) is 0 Å². The van der Waals surface area contributed by atoms with Crippen LogP contribution < -0.4 is 4.74 Å². The molecule has 1 aliphatic rings. The van der Waals surface area contributed by atoms with Crippen molar-refractivity contribution in [3.8, 4) is 11.5 Å². The third-order valence-electron chi connectivity index (χ3n) is 2.50. The molecule has 1 unspecified atom stereocenters. The van der Waals surface area contributed by atoms with Gasteiger partial charge in [-0.1, -0.05) is 11.6 Å². The molecule has 0 saturated heterocycles. The Balaban J connectivity index is 2.51. The zero-order chi connectivity index (χ0) is 11.0. The Morgan fingerprint density at radius 1 is 1.73 bits per heavy atom. The van der Waals surface area contributed by atoms with E-state index in [-0.39, 0.29) is 18.3 Å². The lowest BCUT2D eigenvalue weighted by molar-refractivity contribution is -0.107. The van der Waals surface area contributed by atoms with Crippen LogP contribution in [0.4, 0.5) is 0 Å². The fraction of sp³-hybridized carbons (Fsp3) is 0.364. The predicted octanol–water partition coefficient (Wildman–Crippen LogP) is 2.11. The van der Waals surface area contributed by atoms with Gasteiger partial charge in [-0.25, -0.2) is 0 Å². The van der Waals surface area contributed by atoms with Crippen LogP contribution in [0.25, 0.3) is 0 Å². The molecule has 0 bridgehead atoms. The minimum absolute atomic E-state index is 0.000201. The number of hydrogen-bond acceptors (Lipinski definition) is 3. The highest BCUT2D eigenvalue weighted by Crippen LogP contribution is 2.41. The monoisotopic (exact) mass is 226 g/mol. The number of carbonyl (C=O) groups excluding carboxylic acids is 1. The van der Waals surface area contributed by atoms with Gasteiger partial charge in [-0.05, 0) is 13.0 Å². The fourth-order valence-electron chi connectivity index (χ4n) is 1.79. The highest BCUT2D eigenvalue weighted by molar-refractivity contribution is 6.33. The lowest BCUT2D eigenvalue weighted by Gasteiger charge is -2.08. The molecular formula is C11H11ClO3. The second-order valence-electron chi connectivity index (χ2n) is 3.68. The van der Waals surface area contributed by atoms with Gasteiger partial charge in [0.25, 0.3) is 0 Å². The van der Waals surface area contributed by atoms with Gasteiger partial charge in [0.15, 0.2) is 0 Å². The van der Waals surface area contributed by atoms with Crippen LogP contribution in [0.15, 0.2) is 6.07 Å². The summed E-state index contributed by atoms with van der Waals surface area (Å²) in [7, 11) is 0. The molecule has 0 spiro atoms. The summed E-state index contributed by atoms with van der Waals surface area (Å²) < 4.78 is 5.52. The van der Waals surface area contributed by atoms with Crippen molar-refractivity contribution in [2.75, 3.05) is 0 Å². The molecule has 1 heterocycles. The SMILES string of the molecule is CC1Cc2c(cc(CC=O)c(O)c2Cl)O1. The maximum atomic E-state index is 10.4. The topological polar surface area (TPSA) is 46.5 Å². The number of aromatic hydroxyl groups is 1. The average molecular weight is 227 g/mol. The minimum atomic E-state index is 0.000201. The maximum absolute atomic E-state index is 10.4. The molecule has 0 aliphatic carbocycles. The van der Waals surface area contributed by atoms with Gasteiger partial charge in [-0.3, -0.25) is 0 Å². The van der Waals surface area contributed by atoms with Crippen molar-refractivity contribution in [2.45, 2.75) is 25.9 Å². The number of benzene rings is 1. The number of halogens is 1. The van der Waals surface area contributed by atoms with Crippen molar-refractivity contribution in [1.82, 2.24) is 0 Å². The zero-order valence-electron chi connectivity index (χ0n) is 8.29. The molecular weight excluding hydrogens is 216 g/mol. The highest BCUT2D eigenvalue weighted by Gasteiger charge is 2.25. The predicted molar refractivity (Wildman–Crippen MR) is 56.7 cm³/mol. The van der Waals surface area contributed by atoms with Gasteiger partial charge in [0.1, 0.15) is 23.9 Å². The van der Waals surface area contributed by atoms with Crippen LogP contribution >= 0.6 is 11.6 Å². The van der Waals surface area contributed by atoms with Crippen LogP contribution in [-0.4, -0.2) is 17.5 Å². The van der Waals surface area contributed by atoms with E-state index in [1.54, 1.807) is 6.07 Å². The second kappa shape index (κ2) is 3.74. The number of phenols is 1. The van der Waals surface area contributed by atoms with Crippen molar-refractivity contribution in [3.63, 3.8) is 0 Å². The minimum Gasteiger partial charge on any atom is -0.506 e. The standard InChI is InChI=1S/C11H11ClO3/c1-6-4-8-9(15-6)5-7(2-3-13)11(14)10(8)12/h3,5-6,14H,2,4H2,1H3. The Morgan fingerprint density at radius 3 is 3.13 bits per heavy atom. The van der Waals surface area contributed by atoms with Crippen LogP contribution in [-0.2, 0) is 17.6 Å². The lowest BCUT2D eigenvalue weighted by Crippen LogP contribution is -2.05. The zero-order valence-corrected chi connectivity index (χ0v) is 9.04. The third-order valence-corrected chi connectivity index (χ3v) is 2.91. The third kappa shape index (κ3) is 1.67. The smallest absolute Gasteiger partial charge is 0.138 e. The molecule has 80 valence electrons. The first-order valence-electron chi connectivity index (χ1n) is 4.77. The molecule has 0 aromatic heterocycles. The summed E-state index contributed by atoms with van der Waals surface area (Å²) in [5.41, 5.74) is 1.35. The van der Waals surface area contributed by atoms with Crippen molar-refractivity contribution < 1.29 is 14.6 Å². The van der Waals surface area contributed by atoms with Crippen LogP contribution in [0.3, 0.4) is 0 Å². The Labute approximate surface area is 92.6 Å². The largest absolute Gasteiger partial charge is 0.506 e. The second-order valence-corrected chi connectivity index (χ2v) is 4.06. The van der Waals surface area contributed by atoms with Crippen molar-refractivity contribution in [1.29, 1.82) is 0 Å². The first kappa shape index (κ1) is 10.3. The number of fused-ring (bicyclic) bond motifs is 1. The Bertz CT molecular complexity index is 415. The molecule has 0 fully saturated rings. The first-order valence-corrected chi connectivity index (χ1v) is 5.14. The molecule has 3 nitrogen and oxygen atoms in total. The normalized spacial score (nSPS) is 18.4. The number of hydrogen-bond donors (Lipinski definition) is 1. The Morgan fingerprint density at radius 2 is 2.47 bits per heavy atom. The maximum Gasteiger partial charge on any atom is 0.138 e. The molecule has 1 aromatic rings. The molecule has 0 radical (unpaired) electrons. The molecule has 1 N–H and O–H groups in total. The molecule has 1 aliphatic heterocycles. The van der Waals surface area contributed by atoms with Gasteiger partial charge in [-0.15, -0.1) is 0 Å². The summed E-state index contributed by atoms with van der Waals surface area (Å²) in [6.45, 7) is 1.94. The van der Waals surface area contributed by atoms with Gasteiger partial charge < -0.3 is 14.6 Å². The first-order chi connectivity index (χ1) is 7.13. The Hall–Kier alpha value is -1.22. The summed E-state index contributed by atoms with van der Waals surface area (Å²) in [6.07, 6.45) is 1.65. The number of ether oxygens (including phenoxy) is 1. The van der Waals surface area contributed by atoms with Gasteiger partial charge in [0, 0.05) is 24.0 Å². The molecule has 1 atom stereocenters. The quantitative estimate of drug-likeness (QED) is 0.786. The number of aldehydes is 1. The average Bonchev–Trinajstić information content (AvgIpc) is 2.56. The van der Waals surface area contributed by atoms with E-state index in [1.807, 2.05) is 6.92 Å². The number of carbonyl (C=O) groups is 1. The molecule has 15 heavy (non-hydrogen) atoms. The molecule has 4 heteroatoms. The van der Waals surface area contributed by atoms with E-state index in [0.29, 0.717) is 22.8 Å². The molecule has 1 aromatic carbocycles. The van der Waals surface area contributed by atoms with E-state index in [0.717, 1.165) is 11.8 Å². The van der Waals surface area contributed by atoms with E-state index in [4.69, 9.17) is 16.3 Å². The van der Waals surface area contributed by atoms with Gasteiger partial charge in [0.05, 0.1) is 5.02 Å². The summed E-state index contributed by atoms with van der Waals surface area (Å²) >= 11 is 6.00. The highest BCUT2D eigenvalue weighted by atomic mass is 35.5. The van der Waals surface area contributed by atoms with Crippen molar-refractivity contribution >= 4 is 17.9 Å². The van der Waals surface area contributed by atoms with Crippen molar-refractivity contribution in [2.24, 2.45) is 0 Å². The van der Waals surface area contributed by atoms with Gasteiger partial charge in [-0.2, -0.15) is 0 Å². The summed E-state index contributed by atoms with van der Waals surface area (Å²) in [6, 6.07) is 1.69. The van der Waals surface area contributed by atoms with Crippen LogP contribution in [0, 0.1) is 0 Å². The van der Waals surface area contributed by atoms with Crippen molar-refractivity contribution in [3.05, 3.63) is 22.2 Å². The van der Waals surface area contributed by atoms with Gasteiger partial charge >= 0.3 is 0 Å². The lowest BCUT2D eigenvalue weighted by atomic mass is 10.0. The molecule has 0 saturated carbocycles. The van der Waals surface area contributed by atoms with E-state index in [2.05, 4.69) is 0 Å². The molecule has 2 rings (SSSR count). The number of rotatable bonds is 2. The molecule has 0 amide bonds. The Kier molecular flexibility index (Phi) is 2.57. The summed E-state index contributed by atoms with van der Waals surface area (Å²) in [5.74, 6) is 0.683.